The van der Waals surface area contributed by atoms with E-state index < -0.39 is 6.04 Å². The Balaban J connectivity index is 2.36. The van der Waals surface area contributed by atoms with Crippen molar-refractivity contribution >= 4 is 58.2 Å². The van der Waals surface area contributed by atoms with E-state index in [4.69, 9.17) is 46.4 Å². The van der Waals surface area contributed by atoms with Gasteiger partial charge in [-0.1, -0.05) is 72.4 Å². The van der Waals surface area contributed by atoms with Crippen molar-refractivity contribution in [3.8, 4) is 0 Å². The molecule has 2 aromatic rings. The Hall–Kier alpha value is -1.46. The molecular weight excluding hydrogens is 466 g/mol. The molecule has 2 aromatic carbocycles. The molecule has 0 bridgehead atoms. The highest BCUT2D eigenvalue weighted by atomic mass is 35.5. The Morgan fingerprint density at radius 1 is 0.967 bits per heavy atom. The summed E-state index contributed by atoms with van der Waals surface area (Å²) in [6, 6.07) is 9.55. The maximum atomic E-state index is 13.3. The van der Waals surface area contributed by atoms with E-state index in [2.05, 4.69) is 5.32 Å². The van der Waals surface area contributed by atoms with Crippen molar-refractivity contribution in [2.75, 3.05) is 6.54 Å². The Kier molecular flexibility index (Phi) is 9.76. The third-order valence-electron chi connectivity index (χ3n) is 4.66. The summed E-state index contributed by atoms with van der Waals surface area (Å²) in [6.45, 7) is 4.50. The fraction of sp³-hybridized carbons (Fsp3) is 0.364. The molecule has 0 aliphatic heterocycles. The molecule has 0 spiro atoms. The molecule has 1 N–H and O–H groups in total. The molecule has 0 fully saturated rings. The van der Waals surface area contributed by atoms with Gasteiger partial charge in [0, 0.05) is 28.7 Å². The van der Waals surface area contributed by atoms with E-state index in [1.807, 2.05) is 13.8 Å². The van der Waals surface area contributed by atoms with Crippen molar-refractivity contribution in [2.45, 2.75) is 45.7 Å². The van der Waals surface area contributed by atoms with Crippen LogP contribution in [-0.4, -0.2) is 29.3 Å². The molecule has 8 heteroatoms. The van der Waals surface area contributed by atoms with Gasteiger partial charge >= 0.3 is 0 Å². The van der Waals surface area contributed by atoms with E-state index in [1.165, 1.54) is 4.90 Å². The Labute approximate surface area is 197 Å². The minimum Gasteiger partial charge on any atom is -0.354 e. The highest BCUT2D eigenvalue weighted by molar-refractivity contribution is 6.42. The van der Waals surface area contributed by atoms with E-state index in [0.717, 1.165) is 6.42 Å². The number of amides is 2. The van der Waals surface area contributed by atoms with Gasteiger partial charge in [0.2, 0.25) is 11.8 Å². The zero-order valence-electron chi connectivity index (χ0n) is 16.9. The monoisotopic (exact) mass is 488 g/mol. The lowest BCUT2D eigenvalue weighted by Gasteiger charge is -2.31. The first-order valence-electron chi connectivity index (χ1n) is 9.72. The van der Waals surface area contributed by atoms with Gasteiger partial charge in [0.15, 0.2) is 0 Å². The summed E-state index contributed by atoms with van der Waals surface area (Å²) in [5.41, 5.74) is 1.30. The number of carbonyl (C=O) groups is 2. The number of rotatable bonds is 9. The van der Waals surface area contributed by atoms with Crippen LogP contribution < -0.4 is 5.32 Å². The molecule has 0 radical (unpaired) electrons. The third kappa shape index (κ3) is 6.52. The molecule has 1 atom stereocenters. The van der Waals surface area contributed by atoms with Gasteiger partial charge in [-0.25, -0.2) is 0 Å². The molecule has 0 saturated heterocycles. The van der Waals surface area contributed by atoms with Gasteiger partial charge in [-0.2, -0.15) is 0 Å². The zero-order valence-corrected chi connectivity index (χ0v) is 19.9. The fourth-order valence-corrected chi connectivity index (χ4v) is 3.90. The second-order valence-electron chi connectivity index (χ2n) is 6.86. The first-order valence-corrected chi connectivity index (χ1v) is 11.2. The molecule has 2 amide bonds. The molecule has 4 nitrogen and oxygen atoms in total. The molecule has 0 aliphatic rings. The lowest BCUT2D eigenvalue weighted by Crippen LogP contribution is -2.49. The maximum Gasteiger partial charge on any atom is 0.242 e. The molecule has 0 heterocycles. The molecule has 0 aromatic heterocycles. The summed E-state index contributed by atoms with van der Waals surface area (Å²) in [5.74, 6) is -0.437. The van der Waals surface area contributed by atoms with E-state index in [1.54, 1.807) is 36.4 Å². The van der Waals surface area contributed by atoms with Crippen LogP contribution in [0.25, 0.3) is 0 Å². The number of nitrogens with one attached hydrogen (secondary N) is 1. The van der Waals surface area contributed by atoms with Crippen LogP contribution in [0.15, 0.2) is 36.4 Å². The van der Waals surface area contributed by atoms with Crippen molar-refractivity contribution in [3.63, 3.8) is 0 Å². The number of halogens is 4. The van der Waals surface area contributed by atoms with E-state index in [9.17, 15) is 9.59 Å². The summed E-state index contributed by atoms with van der Waals surface area (Å²) in [4.78, 5) is 27.6. The van der Waals surface area contributed by atoms with Gasteiger partial charge in [0.05, 0.1) is 16.5 Å². The standard InChI is InChI=1S/C22H24Cl4N2O2/c1-3-10-27-22(30)20(4-2)28(13-15-16(23)6-5-7-17(15)24)21(29)12-14-8-9-18(25)19(26)11-14/h5-9,11,20H,3-4,10,12-13H2,1-2H3,(H,27,30). The summed E-state index contributed by atoms with van der Waals surface area (Å²) in [6.07, 6.45) is 1.32. The summed E-state index contributed by atoms with van der Waals surface area (Å²) in [5, 5.41) is 4.55. The van der Waals surface area contributed by atoms with Crippen LogP contribution >= 0.6 is 46.4 Å². The van der Waals surface area contributed by atoms with Crippen LogP contribution in [-0.2, 0) is 22.6 Å². The first kappa shape index (κ1) is 24.8. The number of carbonyl (C=O) groups excluding carboxylic acids is 2. The van der Waals surface area contributed by atoms with Crippen LogP contribution in [0.1, 0.15) is 37.8 Å². The van der Waals surface area contributed by atoms with Crippen LogP contribution in [0.5, 0.6) is 0 Å². The summed E-state index contributed by atoms with van der Waals surface area (Å²) < 4.78 is 0. The SMILES string of the molecule is CCCNC(=O)C(CC)N(Cc1c(Cl)cccc1Cl)C(=O)Cc1ccc(Cl)c(Cl)c1. The first-order chi connectivity index (χ1) is 14.3. The Morgan fingerprint density at radius 3 is 2.20 bits per heavy atom. The fourth-order valence-electron chi connectivity index (χ4n) is 3.07. The molecule has 2 rings (SSSR count). The predicted molar refractivity (Wildman–Crippen MR) is 125 cm³/mol. The van der Waals surface area contributed by atoms with E-state index in [0.29, 0.717) is 44.2 Å². The number of hydrogen-bond acceptors (Lipinski definition) is 2. The average Bonchev–Trinajstić information content (AvgIpc) is 2.71. The molecule has 162 valence electrons. The van der Waals surface area contributed by atoms with Gasteiger partial charge in [-0.3, -0.25) is 9.59 Å². The Bertz CT molecular complexity index is 884. The zero-order chi connectivity index (χ0) is 22.3. The van der Waals surface area contributed by atoms with Crippen LogP contribution in [0.3, 0.4) is 0 Å². The summed E-state index contributed by atoms with van der Waals surface area (Å²) >= 11 is 24.7. The molecule has 0 saturated carbocycles. The minimum absolute atomic E-state index is 0.0660. The second kappa shape index (κ2) is 11.8. The summed E-state index contributed by atoms with van der Waals surface area (Å²) in [7, 11) is 0. The highest BCUT2D eigenvalue weighted by Crippen LogP contribution is 2.28. The van der Waals surface area contributed by atoms with Crippen molar-refractivity contribution in [3.05, 3.63) is 67.6 Å². The van der Waals surface area contributed by atoms with Gasteiger partial charge in [-0.05, 0) is 42.7 Å². The lowest BCUT2D eigenvalue weighted by atomic mass is 10.1. The lowest BCUT2D eigenvalue weighted by molar-refractivity contribution is -0.140. The van der Waals surface area contributed by atoms with E-state index in [-0.39, 0.29) is 24.8 Å². The molecule has 0 aliphatic carbocycles. The predicted octanol–water partition coefficient (Wildman–Crippen LogP) is 6.18. The van der Waals surface area contributed by atoms with Gasteiger partial charge in [-0.15, -0.1) is 0 Å². The van der Waals surface area contributed by atoms with Gasteiger partial charge in [0.1, 0.15) is 6.04 Å². The minimum atomic E-state index is -0.654. The smallest absolute Gasteiger partial charge is 0.242 e. The van der Waals surface area contributed by atoms with Crippen LogP contribution in [0.2, 0.25) is 20.1 Å². The number of nitrogens with zero attached hydrogens (tertiary/aromatic N) is 1. The largest absolute Gasteiger partial charge is 0.354 e. The van der Waals surface area contributed by atoms with Gasteiger partial charge < -0.3 is 10.2 Å². The van der Waals surface area contributed by atoms with Crippen LogP contribution in [0, 0.1) is 0 Å². The highest BCUT2D eigenvalue weighted by Gasteiger charge is 2.29. The molecule has 1 unspecified atom stereocenters. The quantitative estimate of drug-likeness (QED) is 0.457. The van der Waals surface area contributed by atoms with Crippen LogP contribution in [0.4, 0.5) is 0 Å². The number of benzene rings is 2. The van der Waals surface area contributed by atoms with E-state index >= 15 is 0 Å². The maximum absolute atomic E-state index is 13.3. The van der Waals surface area contributed by atoms with Gasteiger partial charge in [0.25, 0.3) is 0 Å². The topological polar surface area (TPSA) is 49.4 Å². The molecule has 30 heavy (non-hydrogen) atoms. The van der Waals surface area contributed by atoms with Crippen molar-refractivity contribution < 1.29 is 9.59 Å². The molecular formula is C22H24Cl4N2O2. The number of hydrogen-bond donors (Lipinski definition) is 1. The average molecular weight is 490 g/mol. The second-order valence-corrected chi connectivity index (χ2v) is 8.49. The third-order valence-corrected chi connectivity index (χ3v) is 6.11. The normalized spacial score (nSPS) is 11.8. The van der Waals surface area contributed by atoms with Crippen molar-refractivity contribution in [1.29, 1.82) is 0 Å². The Morgan fingerprint density at radius 2 is 1.63 bits per heavy atom. The van der Waals surface area contributed by atoms with Crippen molar-refractivity contribution in [2.24, 2.45) is 0 Å². The van der Waals surface area contributed by atoms with Crippen molar-refractivity contribution in [1.82, 2.24) is 10.2 Å².